The molecular weight excluding hydrogens is 352 g/mol. The molecule has 0 aliphatic carbocycles. The van der Waals surface area contributed by atoms with Gasteiger partial charge < -0.3 is 10.1 Å². The number of ether oxygens (including phenoxy) is 1. The maximum atomic E-state index is 11.9. The van der Waals surface area contributed by atoms with Crippen molar-refractivity contribution in [2.45, 2.75) is 19.3 Å². The summed E-state index contributed by atoms with van der Waals surface area (Å²) < 4.78 is 29.9. The van der Waals surface area contributed by atoms with Crippen LogP contribution in [-0.4, -0.2) is 34.2 Å². The maximum absolute atomic E-state index is 11.9. The number of hydrogen-bond acceptors (Lipinski definition) is 4. The lowest BCUT2D eigenvalue weighted by Gasteiger charge is -2.07. The molecule has 6 nitrogen and oxygen atoms in total. The molecule has 2 rings (SSSR count). The molecule has 0 atom stereocenters. The van der Waals surface area contributed by atoms with E-state index in [0.717, 1.165) is 36.0 Å². The first kappa shape index (κ1) is 19.8. The molecule has 1 amide bonds. The van der Waals surface area contributed by atoms with Gasteiger partial charge in [-0.25, -0.2) is 8.42 Å². The minimum atomic E-state index is -3.25. The number of aryl methyl sites for hydroxylation is 1. The van der Waals surface area contributed by atoms with Crippen LogP contribution >= 0.6 is 0 Å². The van der Waals surface area contributed by atoms with Gasteiger partial charge in [-0.2, -0.15) is 0 Å². The number of rotatable bonds is 9. The third-order valence-electron chi connectivity index (χ3n) is 3.75. The van der Waals surface area contributed by atoms with Gasteiger partial charge in [-0.15, -0.1) is 0 Å². The lowest BCUT2D eigenvalue weighted by Crippen LogP contribution is -2.26. The normalized spacial score (nSPS) is 11.0. The molecule has 0 aromatic heterocycles. The second-order valence-electron chi connectivity index (χ2n) is 6.05. The van der Waals surface area contributed by atoms with E-state index < -0.39 is 10.0 Å². The van der Waals surface area contributed by atoms with Gasteiger partial charge in [-0.1, -0.05) is 24.3 Å². The number of anilines is 1. The Morgan fingerprint density at radius 2 is 1.62 bits per heavy atom. The van der Waals surface area contributed by atoms with Crippen LogP contribution in [0.5, 0.6) is 5.75 Å². The number of carbonyl (C=O) groups excluding carboxylic acids is 1. The first-order valence-corrected chi connectivity index (χ1v) is 10.2. The van der Waals surface area contributed by atoms with Crippen molar-refractivity contribution >= 4 is 21.6 Å². The highest BCUT2D eigenvalue weighted by atomic mass is 32.2. The van der Waals surface area contributed by atoms with Gasteiger partial charge >= 0.3 is 0 Å². The van der Waals surface area contributed by atoms with Crippen LogP contribution in [0.2, 0.25) is 0 Å². The number of nitrogens with one attached hydrogen (secondary N) is 2. The summed E-state index contributed by atoms with van der Waals surface area (Å²) in [5.74, 6) is 0.759. The number of sulfonamides is 1. The van der Waals surface area contributed by atoms with Gasteiger partial charge in [-0.05, 0) is 48.2 Å². The van der Waals surface area contributed by atoms with Crippen LogP contribution in [0.15, 0.2) is 48.5 Å². The van der Waals surface area contributed by atoms with Crippen molar-refractivity contribution in [3.8, 4) is 5.75 Å². The second-order valence-corrected chi connectivity index (χ2v) is 7.80. The van der Waals surface area contributed by atoms with Gasteiger partial charge in [0.25, 0.3) is 0 Å². The first-order chi connectivity index (χ1) is 12.4. The smallest absolute Gasteiger partial charge is 0.229 e. The fourth-order valence-electron chi connectivity index (χ4n) is 2.47. The third-order valence-corrected chi connectivity index (χ3v) is 4.35. The van der Waals surface area contributed by atoms with Crippen molar-refractivity contribution in [2.24, 2.45) is 0 Å². The minimum Gasteiger partial charge on any atom is -0.497 e. The third kappa shape index (κ3) is 7.14. The molecule has 0 bridgehead atoms. The van der Waals surface area contributed by atoms with Crippen LogP contribution in [0.3, 0.4) is 0 Å². The predicted octanol–water partition coefficient (Wildman–Crippen LogP) is 2.36. The SMILES string of the molecule is COc1ccc(CC(=O)NCCCc2ccc(NS(C)(=O)=O)cc2)cc1. The largest absolute Gasteiger partial charge is 0.497 e. The topological polar surface area (TPSA) is 84.5 Å². The van der Waals surface area contributed by atoms with Crippen molar-refractivity contribution < 1.29 is 17.9 Å². The van der Waals surface area contributed by atoms with E-state index in [2.05, 4.69) is 10.0 Å². The van der Waals surface area contributed by atoms with E-state index in [1.54, 1.807) is 19.2 Å². The molecule has 7 heteroatoms. The fraction of sp³-hybridized carbons (Fsp3) is 0.316. The molecule has 26 heavy (non-hydrogen) atoms. The van der Waals surface area contributed by atoms with Crippen LogP contribution < -0.4 is 14.8 Å². The molecule has 0 saturated heterocycles. The molecule has 0 aliphatic rings. The Morgan fingerprint density at radius 3 is 2.19 bits per heavy atom. The quantitative estimate of drug-likeness (QED) is 0.658. The molecule has 0 radical (unpaired) electrons. The summed E-state index contributed by atoms with van der Waals surface area (Å²) in [4.78, 5) is 11.9. The zero-order chi connectivity index (χ0) is 19.0. The summed E-state index contributed by atoms with van der Waals surface area (Å²) in [6.07, 6.45) is 3.08. The Bertz CT molecular complexity index is 816. The van der Waals surface area contributed by atoms with Crippen molar-refractivity contribution in [2.75, 3.05) is 24.6 Å². The van der Waals surface area contributed by atoms with E-state index in [1.165, 1.54) is 0 Å². The van der Waals surface area contributed by atoms with Crippen LogP contribution in [0.25, 0.3) is 0 Å². The molecule has 2 aromatic carbocycles. The molecule has 0 aliphatic heterocycles. The number of amides is 1. The monoisotopic (exact) mass is 376 g/mol. The highest BCUT2D eigenvalue weighted by molar-refractivity contribution is 7.92. The van der Waals surface area contributed by atoms with E-state index in [0.29, 0.717) is 18.7 Å². The van der Waals surface area contributed by atoms with Crippen molar-refractivity contribution in [1.29, 1.82) is 0 Å². The highest BCUT2D eigenvalue weighted by Crippen LogP contribution is 2.13. The van der Waals surface area contributed by atoms with Gasteiger partial charge in [0, 0.05) is 12.2 Å². The Balaban J connectivity index is 1.70. The number of benzene rings is 2. The Labute approximate surface area is 154 Å². The van der Waals surface area contributed by atoms with Crippen LogP contribution in [0.4, 0.5) is 5.69 Å². The van der Waals surface area contributed by atoms with Crippen molar-refractivity contribution in [1.82, 2.24) is 5.32 Å². The van der Waals surface area contributed by atoms with E-state index in [-0.39, 0.29) is 5.91 Å². The molecule has 140 valence electrons. The van der Waals surface area contributed by atoms with Crippen LogP contribution in [0, 0.1) is 0 Å². The molecular formula is C19H24N2O4S. The van der Waals surface area contributed by atoms with E-state index in [9.17, 15) is 13.2 Å². The number of methoxy groups -OCH3 is 1. The zero-order valence-corrected chi connectivity index (χ0v) is 15.8. The summed E-state index contributed by atoms with van der Waals surface area (Å²) in [5.41, 5.74) is 2.58. The average Bonchev–Trinajstić information content (AvgIpc) is 2.59. The zero-order valence-electron chi connectivity index (χ0n) is 15.0. The Hall–Kier alpha value is -2.54. The summed E-state index contributed by atoms with van der Waals surface area (Å²) in [6.45, 7) is 0.596. The van der Waals surface area contributed by atoms with Gasteiger partial charge in [-0.3, -0.25) is 9.52 Å². The van der Waals surface area contributed by atoms with Gasteiger partial charge in [0.2, 0.25) is 15.9 Å². The lowest BCUT2D eigenvalue weighted by atomic mass is 10.1. The standard InChI is InChI=1S/C19H24N2O4S/c1-25-18-11-7-16(8-12-18)14-19(22)20-13-3-4-15-5-9-17(10-6-15)21-26(2,23)24/h5-12,21H,3-4,13-14H2,1-2H3,(H,20,22). The Kier molecular flexibility index (Phi) is 7.03. The first-order valence-electron chi connectivity index (χ1n) is 8.32. The van der Waals surface area contributed by atoms with E-state index in [1.807, 2.05) is 36.4 Å². The van der Waals surface area contributed by atoms with E-state index >= 15 is 0 Å². The molecule has 0 heterocycles. The van der Waals surface area contributed by atoms with Crippen molar-refractivity contribution in [3.05, 3.63) is 59.7 Å². The Morgan fingerprint density at radius 1 is 1.00 bits per heavy atom. The lowest BCUT2D eigenvalue weighted by molar-refractivity contribution is -0.120. The van der Waals surface area contributed by atoms with Crippen molar-refractivity contribution in [3.63, 3.8) is 0 Å². The molecule has 0 unspecified atom stereocenters. The van der Waals surface area contributed by atoms with Gasteiger partial charge in [0.15, 0.2) is 0 Å². The fourth-order valence-corrected chi connectivity index (χ4v) is 3.03. The summed E-state index contributed by atoms with van der Waals surface area (Å²) >= 11 is 0. The number of carbonyl (C=O) groups is 1. The molecule has 0 spiro atoms. The van der Waals surface area contributed by atoms with Gasteiger partial charge in [0.1, 0.15) is 5.75 Å². The second kappa shape index (κ2) is 9.24. The molecule has 2 N–H and O–H groups in total. The number of hydrogen-bond donors (Lipinski definition) is 2. The average molecular weight is 376 g/mol. The summed E-state index contributed by atoms with van der Waals surface area (Å²) in [7, 11) is -1.65. The predicted molar refractivity (Wildman–Crippen MR) is 103 cm³/mol. The molecule has 0 saturated carbocycles. The molecule has 2 aromatic rings. The van der Waals surface area contributed by atoms with Gasteiger partial charge in [0.05, 0.1) is 19.8 Å². The van der Waals surface area contributed by atoms with E-state index in [4.69, 9.17) is 4.74 Å². The van der Waals surface area contributed by atoms with Crippen LogP contribution in [0.1, 0.15) is 17.5 Å². The summed E-state index contributed by atoms with van der Waals surface area (Å²) in [6, 6.07) is 14.7. The summed E-state index contributed by atoms with van der Waals surface area (Å²) in [5, 5.41) is 2.91. The van der Waals surface area contributed by atoms with Crippen LogP contribution in [-0.2, 0) is 27.7 Å². The highest BCUT2D eigenvalue weighted by Gasteiger charge is 2.04. The molecule has 0 fully saturated rings. The minimum absolute atomic E-state index is 0.0112. The maximum Gasteiger partial charge on any atom is 0.229 e.